The van der Waals surface area contributed by atoms with Crippen molar-refractivity contribution in [1.29, 1.82) is 0 Å². The van der Waals surface area contributed by atoms with Gasteiger partial charge < -0.3 is 19.4 Å². The van der Waals surface area contributed by atoms with Gasteiger partial charge in [-0.3, -0.25) is 9.79 Å². The predicted octanol–water partition coefficient (Wildman–Crippen LogP) is 1.86. The number of furan rings is 1. The van der Waals surface area contributed by atoms with Crippen LogP contribution in [-0.4, -0.2) is 44.1 Å². The van der Waals surface area contributed by atoms with Crippen LogP contribution in [0.4, 0.5) is 0 Å². The molecule has 0 spiro atoms. The Labute approximate surface area is 141 Å². The van der Waals surface area contributed by atoms with Crippen LogP contribution in [0.2, 0.25) is 0 Å². The summed E-state index contributed by atoms with van der Waals surface area (Å²) in [6, 6.07) is 1.92. The van der Waals surface area contributed by atoms with Gasteiger partial charge in [-0.1, -0.05) is 0 Å². The Morgan fingerprint density at radius 2 is 2.24 bits per heavy atom. The highest BCUT2D eigenvalue weighted by atomic mass is 127. The summed E-state index contributed by atoms with van der Waals surface area (Å²) in [6.07, 6.45) is 4.98. The smallest absolute Gasteiger partial charge is 0.308 e. The van der Waals surface area contributed by atoms with E-state index in [4.69, 9.17) is 9.15 Å². The van der Waals surface area contributed by atoms with Gasteiger partial charge in [-0.15, -0.1) is 24.0 Å². The molecular weight excluding hydrogens is 385 g/mol. The van der Waals surface area contributed by atoms with Gasteiger partial charge in [0.05, 0.1) is 25.6 Å². The summed E-state index contributed by atoms with van der Waals surface area (Å²) in [4.78, 5) is 17.9. The quantitative estimate of drug-likeness (QED) is 0.359. The number of ether oxygens (including phenoxy) is 1. The minimum atomic E-state index is -0.106. The van der Waals surface area contributed by atoms with Crippen LogP contribution >= 0.6 is 24.0 Å². The molecule has 6 nitrogen and oxygen atoms in total. The van der Waals surface area contributed by atoms with Gasteiger partial charge in [0.1, 0.15) is 0 Å². The molecule has 2 rings (SSSR count). The van der Waals surface area contributed by atoms with Crippen molar-refractivity contribution in [2.45, 2.75) is 19.4 Å². The van der Waals surface area contributed by atoms with Gasteiger partial charge in [0, 0.05) is 32.2 Å². The molecule has 0 amide bonds. The number of esters is 1. The van der Waals surface area contributed by atoms with Crippen molar-refractivity contribution in [2.75, 3.05) is 27.2 Å². The lowest BCUT2D eigenvalue weighted by Gasteiger charge is -2.33. The number of nitrogens with zero attached hydrogens (tertiary/aromatic N) is 2. The summed E-state index contributed by atoms with van der Waals surface area (Å²) in [7, 11) is 3.21. The molecule has 0 unspecified atom stereocenters. The number of likely N-dealkylation sites (tertiary alicyclic amines) is 1. The average Bonchev–Trinajstić information content (AvgIpc) is 3.01. The maximum Gasteiger partial charge on any atom is 0.308 e. The molecule has 0 saturated carbocycles. The predicted molar refractivity (Wildman–Crippen MR) is 90.6 cm³/mol. The van der Waals surface area contributed by atoms with E-state index in [2.05, 4.69) is 15.2 Å². The fraction of sp³-hybridized carbons (Fsp3) is 0.571. The monoisotopic (exact) mass is 407 g/mol. The van der Waals surface area contributed by atoms with Crippen molar-refractivity contribution in [3.63, 3.8) is 0 Å². The van der Waals surface area contributed by atoms with Crippen molar-refractivity contribution in [1.82, 2.24) is 10.2 Å². The van der Waals surface area contributed by atoms with Crippen LogP contribution in [0.5, 0.6) is 0 Å². The number of rotatable bonds is 3. The molecule has 1 aliphatic heterocycles. The summed E-state index contributed by atoms with van der Waals surface area (Å²) in [5.41, 5.74) is 1.08. The molecule has 1 N–H and O–H groups in total. The van der Waals surface area contributed by atoms with Gasteiger partial charge in [0.25, 0.3) is 0 Å². The van der Waals surface area contributed by atoms with E-state index < -0.39 is 0 Å². The molecule has 0 aliphatic carbocycles. The van der Waals surface area contributed by atoms with Gasteiger partial charge >= 0.3 is 5.97 Å². The Hall–Kier alpha value is -1.25. The van der Waals surface area contributed by atoms with Crippen molar-refractivity contribution < 1.29 is 13.9 Å². The lowest BCUT2D eigenvalue weighted by molar-refractivity contribution is -0.146. The van der Waals surface area contributed by atoms with Crippen molar-refractivity contribution in [3.05, 3.63) is 24.2 Å². The van der Waals surface area contributed by atoms with Crippen molar-refractivity contribution in [3.8, 4) is 0 Å². The second kappa shape index (κ2) is 8.91. The lowest BCUT2D eigenvalue weighted by atomic mass is 9.97. The molecule has 1 aromatic rings. The first-order chi connectivity index (χ1) is 9.74. The number of piperidine rings is 1. The molecule has 0 aromatic carbocycles. The third kappa shape index (κ3) is 4.90. The van der Waals surface area contributed by atoms with Gasteiger partial charge in [-0.25, -0.2) is 0 Å². The molecule has 21 heavy (non-hydrogen) atoms. The Kier molecular flexibility index (Phi) is 7.55. The van der Waals surface area contributed by atoms with Crippen molar-refractivity contribution >= 4 is 35.9 Å². The van der Waals surface area contributed by atoms with Crippen LogP contribution in [-0.2, 0) is 16.1 Å². The third-order valence-corrected chi connectivity index (χ3v) is 3.57. The Balaban J connectivity index is 0.00000220. The van der Waals surface area contributed by atoms with Gasteiger partial charge in [-0.05, 0) is 18.9 Å². The summed E-state index contributed by atoms with van der Waals surface area (Å²) in [6.45, 7) is 2.30. The van der Waals surface area contributed by atoms with E-state index >= 15 is 0 Å². The topological polar surface area (TPSA) is 67.1 Å². The standard InChI is InChI=1S/C14H21N3O3.HI/c1-15-14(16-9-11-5-8-20-10-11)17-6-3-12(4-7-17)13(18)19-2;/h5,8,10,12H,3-4,6-7,9H2,1-2H3,(H,15,16);1H. The lowest BCUT2D eigenvalue weighted by Crippen LogP contribution is -2.46. The van der Waals surface area contributed by atoms with E-state index in [-0.39, 0.29) is 35.9 Å². The first-order valence-corrected chi connectivity index (χ1v) is 6.79. The molecule has 0 radical (unpaired) electrons. The summed E-state index contributed by atoms with van der Waals surface area (Å²) < 4.78 is 9.83. The van der Waals surface area contributed by atoms with E-state index in [0.717, 1.165) is 37.5 Å². The van der Waals surface area contributed by atoms with E-state index in [1.165, 1.54) is 7.11 Å². The van der Waals surface area contributed by atoms with Crippen molar-refractivity contribution in [2.24, 2.45) is 10.9 Å². The zero-order valence-corrected chi connectivity index (χ0v) is 14.7. The maximum absolute atomic E-state index is 11.5. The first-order valence-electron chi connectivity index (χ1n) is 6.79. The Morgan fingerprint density at radius 1 is 1.52 bits per heavy atom. The van der Waals surface area contributed by atoms with E-state index in [9.17, 15) is 4.79 Å². The van der Waals surface area contributed by atoms with Crippen LogP contribution in [0.3, 0.4) is 0 Å². The minimum absolute atomic E-state index is 0. The van der Waals surface area contributed by atoms with Crippen LogP contribution in [0.25, 0.3) is 0 Å². The SMILES string of the molecule is CN=C(NCc1ccoc1)N1CCC(C(=O)OC)CC1.I. The molecule has 7 heteroatoms. The molecule has 1 saturated heterocycles. The number of methoxy groups -OCH3 is 1. The van der Waals surface area contributed by atoms with Gasteiger partial charge in [0.15, 0.2) is 5.96 Å². The average molecular weight is 407 g/mol. The molecule has 1 aliphatic rings. The molecule has 118 valence electrons. The summed E-state index contributed by atoms with van der Waals surface area (Å²) in [5.74, 6) is 0.767. The fourth-order valence-electron chi connectivity index (χ4n) is 2.40. The number of hydrogen-bond acceptors (Lipinski definition) is 4. The molecular formula is C14H22IN3O3. The van der Waals surface area contributed by atoms with E-state index in [1.54, 1.807) is 19.6 Å². The van der Waals surface area contributed by atoms with Gasteiger partial charge in [-0.2, -0.15) is 0 Å². The second-order valence-electron chi connectivity index (χ2n) is 4.82. The molecule has 0 atom stereocenters. The molecule has 1 fully saturated rings. The number of nitrogens with one attached hydrogen (secondary N) is 1. The number of halogens is 1. The number of hydrogen-bond donors (Lipinski definition) is 1. The number of carbonyl (C=O) groups excluding carboxylic acids is 1. The Bertz CT molecular complexity index is 454. The highest BCUT2D eigenvalue weighted by molar-refractivity contribution is 14.0. The fourth-order valence-corrected chi connectivity index (χ4v) is 2.40. The largest absolute Gasteiger partial charge is 0.472 e. The normalized spacial score (nSPS) is 16.3. The zero-order chi connectivity index (χ0) is 14.4. The number of guanidine groups is 1. The summed E-state index contributed by atoms with van der Waals surface area (Å²) in [5, 5.41) is 3.30. The highest BCUT2D eigenvalue weighted by Gasteiger charge is 2.26. The van der Waals surface area contributed by atoms with Crippen LogP contribution in [0.1, 0.15) is 18.4 Å². The first kappa shape index (κ1) is 17.8. The van der Waals surface area contributed by atoms with Crippen LogP contribution in [0, 0.1) is 5.92 Å². The van der Waals surface area contributed by atoms with Crippen LogP contribution in [0.15, 0.2) is 28.0 Å². The minimum Gasteiger partial charge on any atom is -0.472 e. The molecule has 2 heterocycles. The van der Waals surface area contributed by atoms with E-state index in [0.29, 0.717) is 6.54 Å². The Morgan fingerprint density at radius 3 is 2.76 bits per heavy atom. The maximum atomic E-state index is 11.5. The number of aliphatic imine (C=N–C) groups is 1. The van der Waals surface area contributed by atoms with Gasteiger partial charge in [0.2, 0.25) is 0 Å². The third-order valence-electron chi connectivity index (χ3n) is 3.57. The van der Waals surface area contributed by atoms with E-state index in [1.807, 2.05) is 6.07 Å². The summed E-state index contributed by atoms with van der Waals surface area (Å²) >= 11 is 0. The molecule has 1 aromatic heterocycles. The molecule has 0 bridgehead atoms. The van der Waals surface area contributed by atoms with Crippen LogP contribution < -0.4 is 5.32 Å². The highest BCUT2D eigenvalue weighted by Crippen LogP contribution is 2.18. The second-order valence-corrected chi connectivity index (χ2v) is 4.82. The number of carbonyl (C=O) groups is 1. The zero-order valence-electron chi connectivity index (χ0n) is 12.4.